The fraction of sp³-hybridized carbons (Fsp3) is 0.538. The molecule has 1 nitrogen and oxygen atoms in total. The van der Waals surface area contributed by atoms with Crippen LogP contribution in [0.1, 0.15) is 25.7 Å². The molecule has 0 aromatic heterocycles. The lowest BCUT2D eigenvalue weighted by atomic mass is 9.75. The van der Waals surface area contributed by atoms with Gasteiger partial charge in [0.15, 0.2) is 0 Å². The number of hydrogen-bond acceptors (Lipinski definition) is 1. The molecule has 0 aromatic rings. The van der Waals surface area contributed by atoms with E-state index in [9.17, 15) is 5.11 Å². The molecule has 0 spiro atoms. The second kappa shape index (κ2) is 5.82. The van der Waals surface area contributed by atoms with Crippen LogP contribution in [-0.4, -0.2) is 11.2 Å². The maximum Gasteiger partial charge on any atom is 0.0605 e. The van der Waals surface area contributed by atoms with Crippen LogP contribution in [0.4, 0.5) is 0 Å². The molecule has 0 aliphatic heterocycles. The van der Waals surface area contributed by atoms with Crippen LogP contribution in [0.5, 0.6) is 0 Å². The van der Waals surface area contributed by atoms with E-state index in [1.54, 1.807) is 6.08 Å². The van der Waals surface area contributed by atoms with Crippen molar-refractivity contribution < 1.29 is 5.11 Å². The van der Waals surface area contributed by atoms with Crippen molar-refractivity contribution in [3.05, 3.63) is 37.5 Å². The van der Waals surface area contributed by atoms with Gasteiger partial charge in [-0.3, -0.25) is 0 Å². The van der Waals surface area contributed by atoms with E-state index in [4.69, 9.17) is 0 Å². The quantitative estimate of drug-likeness (QED) is 0.536. The monoisotopic (exact) mass is 192 g/mol. The van der Waals surface area contributed by atoms with Gasteiger partial charge in [-0.2, -0.15) is 0 Å². The average molecular weight is 192 g/mol. The fourth-order valence-electron chi connectivity index (χ4n) is 2.27. The Kier molecular flexibility index (Phi) is 4.68. The maximum absolute atomic E-state index is 9.87. The van der Waals surface area contributed by atoms with E-state index in [-0.39, 0.29) is 6.10 Å². The minimum absolute atomic E-state index is 0.176. The summed E-state index contributed by atoms with van der Waals surface area (Å²) in [6.07, 6.45) is 11.9. The van der Waals surface area contributed by atoms with Crippen molar-refractivity contribution in [1.82, 2.24) is 0 Å². The Morgan fingerprint density at radius 3 is 2.71 bits per heavy atom. The molecule has 0 saturated heterocycles. The third-order valence-corrected chi connectivity index (χ3v) is 3.00. The van der Waals surface area contributed by atoms with Gasteiger partial charge < -0.3 is 5.11 Å². The summed E-state index contributed by atoms with van der Waals surface area (Å²) in [4.78, 5) is 0. The molecular weight excluding hydrogens is 172 g/mol. The Hall–Kier alpha value is -0.820. The second-order valence-corrected chi connectivity index (χ2v) is 3.98. The lowest BCUT2D eigenvalue weighted by molar-refractivity contribution is 0.0586. The summed E-state index contributed by atoms with van der Waals surface area (Å²) < 4.78 is 0. The van der Waals surface area contributed by atoms with Crippen LogP contribution in [0.3, 0.4) is 0 Å². The van der Waals surface area contributed by atoms with E-state index in [0.29, 0.717) is 11.8 Å². The molecule has 14 heavy (non-hydrogen) atoms. The first-order chi connectivity index (χ1) is 6.79. The van der Waals surface area contributed by atoms with Crippen LogP contribution in [0, 0.1) is 11.8 Å². The van der Waals surface area contributed by atoms with Crippen molar-refractivity contribution in [3.63, 3.8) is 0 Å². The first kappa shape index (κ1) is 11.3. The first-order valence-electron chi connectivity index (χ1n) is 5.37. The minimum Gasteiger partial charge on any atom is -0.393 e. The molecule has 1 aliphatic rings. The van der Waals surface area contributed by atoms with E-state index in [0.717, 1.165) is 19.3 Å². The summed E-state index contributed by atoms with van der Waals surface area (Å²) >= 11 is 0. The average Bonchev–Trinajstić information content (AvgIpc) is 2.18. The smallest absolute Gasteiger partial charge is 0.0605 e. The zero-order valence-electron chi connectivity index (χ0n) is 8.73. The van der Waals surface area contributed by atoms with Crippen LogP contribution < -0.4 is 0 Å². The number of rotatable bonds is 4. The van der Waals surface area contributed by atoms with Crippen molar-refractivity contribution in [3.8, 4) is 0 Å². The van der Waals surface area contributed by atoms with Crippen LogP contribution in [0.25, 0.3) is 0 Å². The topological polar surface area (TPSA) is 20.2 Å². The number of aliphatic hydroxyl groups excluding tert-OH is 1. The van der Waals surface area contributed by atoms with Crippen LogP contribution in [-0.2, 0) is 0 Å². The van der Waals surface area contributed by atoms with E-state index in [1.165, 1.54) is 6.42 Å². The van der Waals surface area contributed by atoms with Crippen LogP contribution in [0.2, 0.25) is 0 Å². The molecule has 1 unspecified atom stereocenters. The Labute approximate surface area is 86.8 Å². The molecule has 0 aromatic carbocycles. The molecule has 1 N–H and O–H groups in total. The highest BCUT2D eigenvalue weighted by molar-refractivity contribution is 5.05. The molecule has 78 valence electrons. The van der Waals surface area contributed by atoms with Crippen molar-refractivity contribution in [2.45, 2.75) is 31.8 Å². The van der Waals surface area contributed by atoms with Crippen molar-refractivity contribution >= 4 is 0 Å². The molecular formula is C13H20O. The molecule has 1 rings (SSSR count). The standard InChI is InChI=1S/C13H20O/c1-3-5-9-12-11(7-4-2)8-6-10-13(12)14/h3-5,9,11-14H,1-2,6-8,10H2/b9-5+/t11-,12+,13?/m1/s1. The van der Waals surface area contributed by atoms with Gasteiger partial charge in [0, 0.05) is 5.92 Å². The number of aliphatic hydroxyl groups is 1. The zero-order chi connectivity index (χ0) is 10.4. The Morgan fingerprint density at radius 1 is 1.29 bits per heavy atom. The van der Waals surface area contributed by atoms with Crippen molar-refractivity contribution in [2.24, 2.45) is 11.8 Å². The van der Waals surface area contributed by atoms with Gasteiger partial charge in [-0.25, -0.2) is 0 Å². The molecule has 0 bridgehead atoms. The second-order valence-electron chi connectivity index (χ2n) is 3.98. The highest BCUT2D eigenvalue weighted by atomic mass is 16.3. The van der Waals surface area contributed by atoms with Gasteiger partial charge in [0.05, 0.1) is 6.10 Å². The van der Waals surface area contributed by atoms with Gasteiger partial charge in [0.2, 0.25) is 0 Å². The van der Waals surface area contributed by atoms with Gasteiger partial charge in [0.25, 0.3) is 0 Å². The Balaban J connectivity index is 2.64. The van der Waals surface area contributed by atoms with E-state index in [1.807, 2.05) is 12.2 Å². The number of hydrogen-bond donors (Lipinski definition) is 1. The zero-order valence-corrected chi connectivity index (χ0v) is 8.73. The third kappa shape index (κ3) is 2.85. The van der Waals surface area contributed by atoms with Gasteiger partial charge >= 0.3 is 0 Å². The molecule has 1 aliphatic carbocycles. The summed E-state index contributed by atoms with van der Waals surface area (Å²) in [7, 11) is 0. The fourth-order valence-corrected chi connectivity index (χ4v) is 2.27. The summed E-state index contributed by atoms with van der Waals surface area (Å²) in [5.74, 6) is 0.854. The lowest BCUT2D eigenvalue weighted by Crippen LogP contribution is -2.30. The van der Waals surface area contributed by atoms with Gasteiger partial charge in [-0.05, 0) is 25.2 Å². The molecule has 1 heteroatoms. The highest BCUT2D eigenvalue weighted by Crippen LogP contribution is 2.33. The Bertz CT molecular complexity index is 217. The first-order valence-corrected chi connectivity index (χ1v) is 5.37. The predicted molar refractivity (Wildman–Crippen MR) is 61.0 cm³/mol. The summed E-state index contributed by atoms with van der Waals surface area (Å²) in [6, 6.07) is 0. The maximum atomic E-state index is 9.87. The summed E-state index contributed by atoms with van der Waals surface area (Å²) in [5.41, 5.74) is 0. The molecule has 0 radical (unpaired) electrons. The largest absolute Gasteiger partial charge is 0.393 e. The minimum atomic E-state index is -0.176. The summed E-state index contributed by atoms with van der Waals surface area (Å²) in [6.45, 7) is 7.42. The van der Waals surface area contributed by atoms with Gasteiger partial charge in [0.1, 0.15) is 0 Å². The lowest BCUT2D eigenvalue weighted by Gasteiger charge is -2.33. The molecule has 0 heterocycles. The molecule has 0 amide bonds. The van der Waals surface area contributed by atoms with Gasteiger partial charge in [-0.1, -0.05) is 37.3 Å². The third-order valence-electron chi connectivity index (χ3n) is 3.00. The van der Waals surface area contributed by atoms with E-state index >= 15 is 0 Å². The van der Waals surface area contributed by atoms with Gasteiger partial charge in [-0.15, -0.1) is 6.58 Å². The summed E-state index contributed by atoms with van der Waals surface area (Å²) in [5, 5.41) is 9.87. The highest BCUT2D eigenvalue weighted by Gasteiger charge is 2.28. The number of allylic oxidation sites excluding steroid dienone is 3. The van der Waals surface area contributed by atoms with E-state index < -0.39 is 0 Å². The molecule has 1 fully saturated rings. The predicted octanol–water partition coefficient (Wildman–Crippen LogP) is 3.08. The normalized spacial score (nSPS) is 33.1. The van der Waals surface area contributed by atoms with Crippen LogP contribution in [0.15, 0.2) is 37.5 Å². The molecule has 3 atom stereocenters. The Morgan fingerprint density at radius 2 is 2.07 bits per heavy atom. The molecule has 1 saturated carbocycles. The van der Waals surface area contributed by atoms with E-state index in [2.05, 4.69) is 19.2 Å². The van der Waals surface area contributed by atoms with Crippen molar-refractivity contribution in [1.29, 1.82) is 0 Å². The SMILES string of the molecule is C=C/C=C/[C@@H]1C(O)CCC[C@H]1CC=C. The van der Waals surface area contributed by atoms with Crippen molar-refractivity contribution in [2.75, 3.05) is 0 Å². The van der Waals surface area contributed by atoms with Crippen LogP contribution >= 0.6 is 0 Å².